The van der Waals surface area contributed by atoms with Gasteiger partial charge in [-0.05, 0) is 60.6 Å². The molecule has 1 amide bonds. The fourth-order valence-electron chi connectivity index (χ4n) is 6.17. The summed E-state index contributed by atoms with van der Waals surface area (Å²) in [5.41, 5.74) is 4.85. The van der Waals surface area contributed by atoms with Crippen LogP contribution in [0.25, 0.3) is 0 Å². The van der Waals surface area contributed by atoms with Gasteiger partial charge in [0.05, 0.1) is 0 Å². The Hall–Kier alpha value is -2.98. The molecule has 1 aliphatic heterocycles. The SMILES string of the molecule is Cc1ccccc1[C@@H]1CN(Cc2cccnc2)C[C@@H]1CN(C(=O)c1ccccc1)C1CCCCC1. The van der Waals surface area contributed by atoms with Crippen LogP contribution in [0.15, 0.2) is 79.1 Å². The first-order valence-corrected chi connectivity index (χ1v) is 13.2. The van der Waals surface area contributed by atoms with Crippen LogP contribution in [0, 0.1) is 12.8 Å². The molecule has 5 rings (SSSR count). The Morgan fingerprint density at radius 2 is 1.71 bits per heavy atom. The highest BCUT2D eigenvalue weighted by molar-refractivity contribution is 5.94. The van der Waals surface area contributed by atoms with E-state index >= 15 is 0 Å². The fourth-order valence-corrected chi connectivity index (χ4v) is 6.17. The molecule has 3 aromatic rings. The molecule has 1 saturated heterocycles. The zero-order valence-electron chi connectivity index (χ0n) is 20.9. The van der Waals surface area contributed by atoms with Crippen molar-refractivity contribution in [1.82, 2.24) is 14.8 Å². The number of nitrogens with zero attached hydrogens (tertiary/aromatic N) is 3. The van der Waals surface area contributed by atoms with Crippen LogP contribution >= 0.6 is 0 Å². The van der Waals surface area contributed by atoms with Crippen molar-refractivity contribution in [2.75, 3.05) is 19.6 Å². The predicted molar refractivity (Wildman–Crippen MR) is 141 cm³/mol. The highest BCUT2D eigenvalue weighted by atomic mass is 16.2. The predicted octanol–water partition coefficient (Wildman–Crippen LogP) is 6.08. The van der Waals surface area contributed by atoms with E-state index in [4.69, 9.17) is 0 Å². The minimum Gasteiger partial charge on any atom is -0.335 e. The Morgan fingerprint density at radius 3 is 2.46 bits per heavy atom. The summed E-state index contributed by atoms with van der Waals surface area (Å²) in [5.74, 6) is 1.02. The molecule has 35 heavy (non-hydrogen) atoms. The zero-order valence-corrected chi connectivity index (χ0v) is 20.9. The van der Waals surface area contributed by atoms with Gasteiger partial charge in [0.15, 0.2) is 0 Å². The topological polar surface area (TPSA) is 36.4 Å². The summed E-state index contributed by atoms with van der Waals surface area (Å²) in [4.78, 5) is 23.0. The van der Waals surface area contributed by atoms with E-state index in [0.29, 0.717) is 17.9 Å². The number of pyridine rings is 1. The van der Waals surface area contributed by atoms with E-state index in [1.807, 2.05) is 48.8 Å². The van der Waals surface area contributed by atoms with E-state index in [1.54, 1.807) is 0 Å². The average Bonchev–Trinajstić information content (AvgIpc) is 3.30. The summed E-state index contributed by atoms with van der Waals surface area (Å²) in [6, 6.07) is 23.2. The first kappa shape index (κ1) is 23.7. The molecule has 2 aromatic carbocycles. The fraction of sp³-hybridized carbons (Fsp3) is 0.419. The van der Waals surface area contributed by atoms with Gasteiger partial charge in [-0.2, -0.15) is 0 Å². The first-order chi connectivity index (χ1) is 17.2. The molecule has 1 saturated carbocycles. The van der Waals surface area contributed by atoms with Gasteiger partial charge in [0.2, 0.25) is 0 Å². The largest absolute Gasteiger partial charge is 0.335 e. The number of hydrogen-bond donors (Lipinski definition) is 0. The molecule has 1 aliphatic carbocycles. The van der Waals surface area contributed by atoms with Crippen LogP contribution in [0.5, 0.6) is 0 Å². The van der Waals surface area contributed by atoms with Crippen LogP contribution in [0.3, 0.4) is 0 Å². The monoisotopic (exact) mass is 467 g/mol. The smallest absolute Gasteiger partial charge is 0.254 e. The Labute approximate surface area is 210 Å². The third-order valence-corrected chi connectivity index (χ3v) is 7.96. The lowest BCUT2D eigenvalue weighted by atomic mass is 9.85. The van der Waals surface area contributed by atoms with Crippen molar-refractivity contribution in [2.45, 2.75) is 57.5 Å². The minimum absolute atomic E-state index is 0.201. The van der Waals surface area contributed by atoms with E-state index in [-0.39, 0.29) is 5.91 Å². The van der Waals surface area contributed by atoms with Crippen LogP contribution in [-0.2, 0) is 6.54 Å². The minimum atomic E-state index is 0.201. The van der Waals surface area contributed by atoms with E-state index in [1.165, 1.54) is 36.0 Å². The lowest BCUT2D eigenvalue weighted by Crippen LogP contribution is -2.45. The van der Waals surface area contributed by atoms with Gasteiger partial charge in [-0.25, -0.2) is 0 Å². The lowest BCUT2D eigenvalue weighted by molar-refractivity contribution is 0.0588. The molecule has 2 atom stereocenters. The second-order valence-electron chi connectivity index (χ2n) is 10.4. The number of rotatable bonds is 7. The van der Waals surface area contributed by atoms with Crippen molar-refractivity contribution in [2.24, 2.45) is 5.92 Å². The molecular weight excluding hydrogens is 430 g/mol. The third-order valence-electron chi connectivity index (χ3n) is 7.96. The highest BCUT2D eigenvalue weighted by Gasteiger charge is 2.38. The summed E-state index contributed by atoms with van der Waals surface area (Å²) >= 11 is 0. The van der Waals surface area contributed by atoms with Crippen molar-refractivity contribution < 1.29 is 4.79 Å². The van der Waals surface area contributed by atoms with Gasteiger partial charge in [0.25, 0.3) is 5.91 Å². The number of likely N-dealkylation sites (tertiary alicyclic amines) is 1. The van der Waals surface area contributed by atoms with Gasteiger partial charge in [0.1, 0.15) is 0 Å². The molecule has 0 radical (unpaired) electrons. The van der Waals surface area contributed by atoms with Gasteiger partial charge in [-0.15, -0.1) is 0 Å². The molecule has 2 aliphatic rings. The summed E-state index contributed by atoms with van der Waals surface area (Å²) in [6.45, 7) is 5.97. The maximum atomic E-state index is 13.8. The second-order valence-corrected chi connectivity index (χ2v) is 10.4. The Balaban J connectivity index is 1.43. The molecule has 4 heteroatoms. The molecular formula is C31H37N3O. The number of aryl methyl sites for hydroxylation is 1. The Kier molecular flexibility index (Phi) is 7.58. The first-order valence-electron chi connectivity index (χ1n) is 13.2. The highest BCUT2D eigenvalue weighted by Crippen LogP contribution is 2.37. The van der Waals surface area contributed by atoms with E-state index in [9.17, 15) is 4.79 Å². The maximum Gasteiger partial charge on any atom is 0.254 e. The van der Waals surface area contributed by atoms with Crippen LogP contribution in [0.2, 0.25) is 0 Å². The van der Waals surface area contributed by atoms with Crippen molar-refractivity contribution in [3.63, 3.8) is 0 Å². The number of carbonyl (C=O) groups is 1. The van der Waals surface area contributed by atoms with Crippen molar-refractivity contribution in [1.29, 1.82) is 0 Å². The maximum absolute atomic E-state index is 13.8. The van der Waals surface area contributed by atoms with Gasteiger partial charge < -0.3 is 4.90 Å². The van der Waals surface area contributed by atoms with Crippen LogP contribution in [0.4, 0.5) is 0 Å². The Morgan fingerprint density at radius 1 is 0.943 bits per heavy atom. The second kappa shape index (κ2) is 11.2. The summed E-state index contributed by atoms with van der Waals surface area (Å²) < 4.78 is 0. The molecule has 0 unspecified atom stereocenters. The summed E-state index contributed by atoms with van der Waals surface area (Å²) in [7, 11) is 0. The third kappa shape index (κ3) is 5.65. The normalized spacial score (nSPS) is 21.2. The summed E-state index contributed by atoms with van der Waals surface area (Å²) in [6.07, 6.45) is 9.80. The van der Waals surface area contributed by atoms with Gasteiger partial charge in [0, 0.05) is 56.1 Å². The molecule has 0 N–H and O–H groups in total. The van der Waals surface area contributed by atoms with Gasteiger partial charge in [-0.1, -0.05) is 67.8 Å². The van der Waals surface area contributed by atoms with Gasteiger partial charge >= 0.3 is 0 Å². The Bertz CT molecular complexity index is 1090. The van der Waals surface area contributed by atoms with E-state index in [2.05, 4.69) is 52.0 Å². The van der Waals surface area contributed by atoms with E-state index in [0.717, 1.165) is 44.6 Å². The van der Waals surface area contributed by atoms with E-state index < -0.39 is 0 Å². The van der Waals surface area contributed by atoms with Crippen LogP contribution in [-0.4, -0.2) is 46.4 Å². The molecule has 0 spiro atoms. The molecule has 2 fully saturated rings. The molecule has 1 aromatic heterocycles. The molecule has 0 bridgehead atoms. The van der Waals surface area contributed by atoms with Gasteiger partial charge in [-0.3, -0.25) is 14.7 Å². The average molecular weight is 468 g/mol. The number of carbonyl (C=O) groups excluding carboxylic acids is 1. The quantitative estimate of drug-likeness (QED) is 0.422. The summed E-state index contributed by atoms with van der Waals surface area (Å²) in [5, 5.41) is 0. The van der Waals surface area contributed by atoms with Crippen molar-refractivity contribution in [3.05, 3.63) is 101 Å². The number of aromatic nitrogens is 1. The van der Waals surface area contributed by atoms with Crippen LogP contribution in [0.1, 0.15) is 65.1 Å². The number of amides is 1. The number of hydrogen-bond acceptors (Lipinski definition) is 3. The lowest BCUT2D eigenvalue weighted by Gasteiger charge is -2.37. The molecule has 182 valence electrons. The molecule has 2 heterocycles. The van der Waals surface area contributed by atoms with Crippen LogP contribution < -0.4 is 0 Å². The van der Waals surface area contributed by atoms with Crippen molar-refractivity contribution >= 4 is 5.91 Å². The standard InChI is InChI=1S/C31H37N3O/c1-24-11-8-9-17-29(24)30-23-33(20-25-12-10-18-32-19-25)21-27(30)22-34(28-15-6-3-7-16-28)31(35)26-13-4-2-5-14-26/h2,4-5,8-14,17-19,27-28,30H,3,6-7,15-16,20-23H2,1H3/t27-,30-/m1/s1. The molecule has 4 nitrogen and oxygen atoms in total. The zero-order chi connectivity index (χ0) is 24.0. The van der Waals surface area contributed by atoms with Crippen molar-refractivity contribution in [3.8, 4) is 0 Å². The number of benzene rings is 2.